The van der Waals surface area contributed by atoms with Crippen LogP contribution in [0.3, 0.4) is 0 Å². The minimum atomic E-state index is -0.368. The van der Waals surface area contributed by atoms with Gasteiger partial charge in [-0.1, -0.05) is 15.9 Å². The molecule has 6 nitrogen and oxygen atoms in total. The van der Waals surface area contributed by atoms with Crippen molar-refractivity contribution in [3.05, 3.63) is 40.5 Å². The fourth-order valence-electron chi connectivity index (χ4n) is 2.75. The van der Waals surface area contributed by atoms with Crippen LogP contribution in [0.2, 0.25) is 0 Å². The van der Waals surface area contributed by atoms with E-state index in [1.165, 1.54) is 0 Å². The molecule has 0 bridgehead atoms. The van der Waals surface area contributed by atoms with Crippen LogP contribution in [0, 0.1) is 12.8 Å². The minimum Gasteiger partial charge on any atom is -0.311 e. The number of anilines is 2. The molecule has 3 rings (SSSR count). The second-order valence-electron chi connectivity index (χ2n) is 5.70. The van der Waals surface area contributed by atoms with Gasteiger partial charge in [-0.2, -0.15) is 5.10 Å². The molecule has 1 aromatic carbocycles. The van der Waals surface area contributed by atoms with Gasteiger partial charge >= 0.3 is 0 Å². The van der Waals surface area contributed by atoms with Crippen molar-refractivity contribution in [2.75, 3.05) is 16.8 Å². The van der Waals surface area contributed by atoms with Crippen LogP contribution in [0.25, 0.3) is 0 Å². The Kier molecular flexibility index (Phi) is 4.21. The molecule has 0 unspecified atom stereocenters. The van der Waals surface area contributed by atoms with Crippen molar-refractivity contribution in [1.29, 1.82) is 0 Å². The molecule has 1 N–H and O–H groups in total. The Bertz CT molecular complexity index is 771. The van der Waals surface area contributed by atoms with Crippen LogP contribution in [0.1, 0.15) is 12.0 Å². The van der Waals surface area contributed by atoms with Crippen molar-refractivity contribution < 1.29 is 9.59 Å². The summed E-state index contributed by atoms with van der Waals surface area (Å²) in [4.78, 5) is 26.3. The first-order valence-electron chi connectivity index (χ1n) is 7.31. The molecule has 0 saturated carbocycles. The maximum absolute atomic E-state index is 12.3. The Morgan fingerprint density at radius 3 is 2.83 bits per heavy atom. The summed E-state index contributed by atoms with van der Waals surface area (Å²) in [5.41, 5.74) is 1.85. The Balaban J connectivity index is 1.73. The van der Waals surface area contributed by atoms with E-state index in [2.05, 4.69) is 26.3 Å². The van der Waals surface area contributed by atoms with Gasteiger partial charge in [0.1, 0.15) is 0 Å². The molecule has 1 aliphatic heterocycles. The molecule has 2 heterocycles. The van der Waals surface area contributed by atoms with Crippen molar-refractivity contribution in [1.82, 2.24) is 9.78 Å². The molecular formula is C16H17BrN4O2. The van der Waals surface area contributed by atoms with Gasteiger partial charge in [0.15, 0.2) is 5.82 Å². The van der Waals surface area contributed by atoms with Crippen molar-refractivity contribution >= 4 is 39.2 Å². The highest BCUT2D eigenvalue weighted by molar-refractivity contribution is 9.10. The molecule has 1 aromatic heterocycles. The number of carbonyl (C=O) groups excluding carboxylic acids is 2. The summed E-state index contributed by atoms with van der Waals surface area (Å²) in [7, 11) is 1.78. The number of halogens is 1. The van der Waals surface area contributed by atoms with Crippen molar-refractivity contribution in [3.8, 4) is 0 Å². The SMILES string of the molecule is Cc1cc(Br)ccc1N1C[C@@H](C(=O)Nc2ccn(C)n2)CC1=O. The maximum Gasteiger partial charge on any atom is 0.231 e. The van der Waals surface area contributed by atoms with Crippen LogP contribution in [0.4, 0.5) is 11.5 Å². The largest absolute Gasteiger partial charge is 0.311 e. The lowest BCUT2D eigenvalue weighted by Gasteiger charge is -2.19. The van der Waals surface area contributed by atoms with Gasteiger partial charge in [-0.3, -0.25) is 14.3 Å². The zero-order valence-corrected chi connectivity index (χ0v) is 14.5. The number of aryl methyl sites for hydroxylation is 2. The lowest BCUT2D eigenvalue weighted by molar-refractivity contribution is -0.122. The van der Waals surface area contributed by atoms with E-state index in [9.17, 15) is 9.59 Å². The quantitative estimate of drug-likeness (QED) is 0.894. The van der Waals surface area contributed by atoms with Crippen molar-refractivity contribution in [2.24, 2.45) is 13.0 Å². The van der Waals surface area contributed by atoms with Crippen LogP contribution < -0.4 is 10.2 Å². The smallest absolute Gasteiger partial charge is 0.231 e. The molecule has 1 fully saturated rings. The first-order chi connectivity index (χ1) is 10.9. The summed E-state index contributed by atoms with van der Waals surface area (Å²) >= 11 is 3.42. The first kappa shape index (κ1) is 15.7. The number of amides is 2. The molecule has 23 heavy (non-hydrogen) atoms. The van der Waals surface area contributed by atoms with E-state index in [1.54, 1.807) is 28.9 Å². The van der Waals surface area contributed by atoms with Gasteiger partial charge in [0, 0.05) is 42.4 Å². The fourth-order valence-corrected chi connectivity index (χ4v) is 3.22. The van der Waals surface area contributed by atoms with Crippen LogP contribution in [0.5, 0.6) is 0 Å². The summed E-state index contributed by atoms with van der Waals surface area (Å²) in [6, 6.07) is 7.49. The van der Waals surface area contributed by atoms with Gasteiger partial charge < -0.3 is 10.2 Å². The highest BCUT2D eigenvalue weighted by Gasteiger charge is 2.35. The van der Waals surface area contributed by atoms with Gasteiger partial charge in [0.05, 0.1) is 5.92 Å². The molecular weight excluding hydrogens is 360 g/mol. The molecule has 0 radical (unpaired) electrons. The van der Waals surface area contributed by atoms with Gasteiger partial charge in [-0.25, -0.2) is 0 Å². The van der Waals surface area contributed by atoms with E-state index >= 15 is 0 Å². The molecule has 2 amide bonds. The van der Waals surface area contributed by atoms with Crippen LogP contribution >= 0.6 is 15.9 Å². The molecule has 0 spiro atoms. The number of benzene rings is 1. The van der Waals surface area contributed by atoms with Crippen LogP contribution in [-0.2, 0) is 16.6 Å². The highest BCUT2D eigenvalue weighted by Crippen LogP contribution is 2.30. The van der Waals surface area contributed by atoms with Gasteiger partial charge in [-0.05, 0) is 30.7 Å². The minimum absolute atomic E-state index is 0.0309. The normalized spacial score (nSPS) is 17.6. The molecule has 1 saturated heterocycles. The van der Waals surface area contributed by atoms with Gasteiger partial charge in [0.2, 0.25) is 11.8 Å². The number of rotatable bonds is 3. The van der Waals surface area contributed by atoms with Crippen LogP contribution in [0.15, 0.2) is 34.9 Å². The molecule has 120 valence electrons. The first-order valence-corrected chi connectivity index (χ1v) is 8.10. The maximum atomic E-state index is 12.3. The van der Waals surface area contributed by atoms with Crippen molar-refractivity contribution in [2.45, 2.75) is 13.3 Å². The van der Waals surface area contributed by atoms with Crippen molar-refractivity contribution in [3.63, 3.8) is 0 Å². The second-order valence-corrected chi connectivity index (χ2v) is 6.62. The fraction of sp³-hybridized carbons (Fsp3) is 0.312. The molecule has 1 aliphatic rings. The number of nitrogens with one attached hydrogen (secondary N) is 1. The highest BCUT2D eigenvalue weighted by atomic mass is 79.9. The standard InChI is InChI=1S/C16H17BrN4O2/c1-10-7-12(17)3-4-13(10)21-9-11(8-15(21)22)16(23)18-14-5-6-20(2)19-14/h3-7,11H,8-9H2,1-2H3,(H,18,19,23)/t11-/m0/s1. The molecule has 2 aromatic rings. The monoisotopic (exact) mass is 376 g/mol. The third-order valence-corrected chi connectivity index (χ3v) is 4.40. The van der Waals surface area contributed by atoms with Gasteiger partial charge in [0.25, 0.3) is 0 Å². The Morgan fingerprint density at radius 1 is 1.39 bits per heavy atom. The lowest BCUT2D eigenvalue weighted by Crippen LogP contribution is -2.28. The average Bonchev–Trinajstić information content (AvgIpc) is 3.05. The Morgan fingerprint density at radius 2 is 2.17 bits per heavy atom. The van der Waals surface area contributed by atoms with E-state index in [-0.39, 0.29) is 24.2 Å². The summed E-state index contributed by atoms with van der Waals surface area (Å²) in [5.74, 6) is -0.0679. The van der Waals surface area contributed by atoms with E-state index < -0.39 is 0 Å². The summed E-state index contributed by atoms with van der Waals surface area (Å²) in [5, 5.41) is 6.89. The number of hydrogen-bond acceptors (Lipinski definition) is 3. The van der Waals surface area contributed by atoms with Crippen LogP contribution in [-0.4, -0.2) is 28.1 Å². The average molecular weight is 377 g/mol. The zero-order valence-electron chi connectivity index (χ0n) is 12.9. The van der Waals surface area contributed by atoms with E-state index in [0.29, 0.717) is 12.4 Å². The van der Waals surface area contributed by atoms with E-state index in [4.69, 9.17) is 0 Å². The lowest BCUT2D eigenvalue weighted by atomic mass is 10.1. The van der Waals surface area contributed by atoms with E-state index in [0.717, 1.165) is 15.7 Å². The Labute approximate surface area is 142 Å². The van der Waals surface area contributed by atoms with Gasteiger partial charge in [-0.15, -0.1) is 0 Å². The topological polar surface area (TPSA) is 67.2 Å². The predicted molar refractivity (Wildman–Crippen MR) is 91.2 cm³/mol. The molecule has 7 heteroatoms. The summed E-state index contributed by atoms with van der Waals surface area (Å²) in [6.07, 6.45) is 1.97. The Hall–Kier alpha value is -2.15. The number of carbonyl (C=O) groups is 2. The number of aromatic nitrogens is 2. The summed E-state index contributed by atoms with van der Waals surface area (Å²) < 4.78 is 2.59. The molecule has 0 aliphatic carbocycles. The predicted octanol–water partition coefficient (Wildman–Crippen LogP) is 2.48. The third kappa shape index (κ3) is 3.29. The number of hydrogen-bond donors (Lipinski definition) is 1. The van der Waals surface area contributed by atoms with E-state index in [1.807, 2.05) is 25.1 Å². The third-order valence-electron chi connectivity index (χ3n) is 3.91. The zero-order chi connectivity index (χ0) is 16.6. The second kappa shape index (κ2) is 6.16. The number of nitrogens with zero attached hydrogens (tertiary/aromatic N) is 3. The summed E-state index contributed by atoms with van der Waals surface area (Å²) in [6.45, 7) is 2.34. The molecule has 1 atom stereocenters.